The molecule has 0 atom stereocenters. The molecule has 0 aliphatic carbocycles. The van der Waals surface area contributed by atoms with Crippen molar-refractivity contribution in [2.24, 2.45) is 5.84 Å². The summed E-state index contributed by atoms with van der Waals surface area (Å²) in [7, 11) is 0. The van der Waals surface area contributed by atoms with Gasteiger partial charge in [-0.2, -0.15) is 4.98 Å². The van der Waals surface area contributed by atoms with Crippen LogP contribution in [0.4, 0.5) is 5.82 Å². The molecule has 0 amide bonds. The summed E-state index contributed by atoms with van der Waals surface area (Å²) in [6.07, 6.45) is 0. The minimum absolute atomic E-state index is 0.180. The molecule has 2 aromatic heterocycles. The lowest BCUT2D eigenvalue weighted by atomic mass is 10.4. The maximum absolute atomic E-state index is 5.70. The fraction of sp³-hybridized carbons (Fsp3) is 0. The average Bonchev–Trinajstić information content (AvgIpc) is 2.47. The normalized spacial score (nSPS) is 10.7. The molecule has 0 fully saturated rings. The largest absolute Gasteiger partial charge is 0.307 e. The molecule has 0 saturated carbocycles. The Morgan fingerprint density at radius 2 is 2.31 bits per heavy atom. The molecular formula is C6H4BrClN4S. The molecule has 68 valence electrons. The minimum Gasteiger partial charge on any atom is -0.307 e. The summed E-state index contributed by atoms with van der Waals surface area (Å²) in [5, 5.41) is 2.09. The zero-order valence-corrected chi connectivity index (χ0v) is 9.37. The molecule has 3 N–H and O–H groups in total. The predicted molar refractivity (Wildman–Crippen MR) is 57.9 cm³/mol. The van der Waals surface area contributed by atoms with Gasteiger partial charge in [0, 0.05) is 5.38 Å². The van der Waals surface area contributed by atoms with Crippen LogP contribution in [0.1, 0.15) is 0 Å². The van der Waals surface area contributed by atoms with Gasteiger partial charge in [0.05, 0.1) is 9.17 Å². The van der Waals surface area contributed by atoms with Crippen molar-refractivity contribution < 1.29 is 0 Å². The molecule has 0 aromatic carbocycles. The molecule has 13 heavy (non-hydrogen) atoms. The van der Waals surface area contributed by atoms with Crippen LogP contribution in [0.5, 0.6) is 0 Å². The Morgan fingerprint density at radius 1 is 1.54 bits per heavy atom. The molecule has 4 nitrogen and oxygen atoms in total. The number of fused-ring (bicyclic) bond motifs is 1. The molecule has 2 heterocycles. The molecule has 0 bridgehead atoms. The first-order chi connectivity index (χ1) is 6.22. The lowest BCUT2D eigenvalue weighted by molar-refractivity contribution is 1.19. The van der Waals surface area contributed by atoms with Crippen molar-refractivity contribution in [1.82, 2.24) is 9.97 Å². The average molecular weight is 280 g/mol. The maximum Gasteiger partial charge on any atom is 0.225 e. The van der Waals surface area contributed by atoms with Gasteiger partial charge in [-0.15, -0.1) is 11.3 Å². The number of nitrogen functional groups attached to an aromatic ring is 1. The first kappa shape index (κ1) is 9.14. The standard InChI is InChI=1S/C6H4BrClN4S/c7-2-1-13-4-3(2)10-6(8)11-5(4)12-9/h1H,9H2,(H,10,11,12). The van der Waals surface area contributed by atoms with E-state index in [1.54, 1.807) is 0 Å². The molecule has 2 rings (SSSR count). The molecule has 7 heteroatoms. The number of hydrazine groups is 1. The Balaban J connectivity index is 2.84. The van der Waals surface area contributed by atoms with Gasteiger partial charge < -0.3 is 5.43 Å². The molecular weight excluding hydrogens is 276 g/mol. The highest BCUT2D eigenvalue weighted by atomic mass is 79.9. The van der Waals surface area contributed by atoms with Gasteiger partial charge in [0.25, 0.3) is 0 Å². The van der Waals surface area contributed by atoms with Gasteiger partial charge >= 0.3 is 0 Å². The van der Waals surface area contributed by atoms with Crippen LogP contribution in [0.3, 0.4) is 0 Å². The third kappa shape index (κ3) is 1.50. The third-order valence-corrected chi connectivity index (χ3v) is 3.53. The first-order valence-electron chi connectivity index (χ1n) is 3.29. The van der Waals surface area contributed by atoms with Crippen molar-refractivity contribution in [3.63, 3.8) is 0 Å². The van der Waals surface area contributed by atoms with Crippen molar-refractivity contribution in [3.05, 3.63) is 15.1 Å². The van der Waals surface area contributed by atoms with Crippen molar-refractivity contribution in [1.29, 1.82) is 0 Å². The van der Waals surface area contributed by atoms with E-state index in [0.717, 1.165) is 14.7 Å². The van der Waals surface area contributed by atoms with E-state index in [4.69, 9.17) is 17.4 Å². The number of nitrogens with two attached hydrogens (primary N) is 1. The number of nitrogens with one attached hydrogen (secondary N) is 1. The van der Waals surface area contributed by atoms with Crippen molar-refractivity contribution >= 4 is 54.9 Å². The van der Waals surface area contributed by atoms with E-state index in [0.29, 0.717) is 5.82 Å². The first-order valence-corrected chi connectivity index (χ1v) is 5.34. The Hall–Kier alpha value is -0.430. The second-order valence-electron chi connectivity index (χ2n) is 2.25. The van der Waals surface area contributed by atoms with Gasteiger partial charge in [0.15, 0.2) is 5.82 Å². The van der Waals surface area contributed by atoms with E-state index >= 15 is 0 Å². The van der Waals surface area contributed by atoms with Crippen molar-refractivity contribution in [3.8, 4) is 0 Å². The Morgan fingerprint density at radius 3 is 3.00 bits per heavy atom. The summed E-state index contributed by atoms with van der Waals surface area (Å²) in [5.41, 5.74) is 3.25. The zero-order chi connectivity index (χ0) is 9.42. The van der Waals surface area contributed by atoms with Gasteiger partial charge in [-0.3, -0.25) is 0 Å². The lowest BCUT2D eigenvalue weighted by Gasteiger charge is -2.00. The van der Waals surface area contributed by atoms with Gasteiger partial charge in [0.2, 0.25) is 5.28 Å². The van der Waals surface area contributed by atoms with E-state index in [9.17, 15) is 0 Å². The second kappa shape index (κ2) is 3.38. The van der Waals surface area contributed by atoms with E-state index in [2.05, 4.69) is 31.3 Å². The number of rotatable bonds is 1. The Bertz CT molecular complexity index is 457. The maximum atomic E-state index is 5.70. The van der Waals surface area contributed by atoms with Crippen LogP contribution < -0.4 is 11.3 Å². The van der Waals surface area contributed by atoms with E-state index in [1.807, 2.05) is 5.38 Å². The second-order valence-corrected chi connectivity index (χ2v) is 4.32. The molecule has 0 radical (unpaired) electrons. The summed E-state index contributed by atoms with van der Waals surface area (Å²) in [5.74, 6) is 5.83. The van der Waals surface area contributed by atoms with Gasteiger partial charge in [-0.25, -0.2) is 10.8 Å². The topological polar surface area (TPSA) is 63.8 Å². The predicted octanol–water partition coefficient (Wildman–Crippen LogP) is 2.39. The minimum atomic E-state index is 0.180. The number of hydrogen-bond acceptors (Lipinski definition) is 5. The Labute approximate surface area is 91.2 Å². The van der Waals surface area contributed by atoms with Crippen LogP contribution in [-0.2, 0) is 0 Å². The fourth-order valence-corrected chi connectivity index (χ4v) is 2.64. The molecule has 0 unspecified atom stereocenters. The summed E-state index contributed by atoms with van der Waals surface area (Å²) in [4.78, 5) is 8.01. The number of halogens is 2. The number of thiophene rings is 1. The van der Waals surface area contributed by atoms with Crippen molar-refractivity contribution in [2.75, 3.05) is 5.43 Å². The molecule has 0 saturated heterocycles. The fourth-order valence-electron chi connectivity index (χ4n) is 0.961. The van der Waals surface area contributed by atoms with Crippen LogP contribution in [0, 0.1) is 0 Å². The van der Waals surface area contributed by atoms with E-state index in [-0.39, 0.29) is 5.28 Å². The number of hydrogen-bond donors (Lipinski definition) is 2. The Kier molecular flexibility index (Phi) is 2.37. The highest BCUT2D eigenvalue weighted by Crippen LogP contribution is 2.33. The van der Waals surface area contributed by atoms with Crippen LogP contribution >= 0.6 is 38.9 Å². The van der Waals surface area contributed by atoms with Crippen molar-refractivity contribution in [2.45, 2.75) is 0 Å². The van der Waals surface area contributed by atoms with Gasteiger partial charge in [-0.1, -0.05) is 0 Å². The highest BCUT2D eigenvalue weighted by molar-refractivity contribution is 9.10. The summed E-state index contributed by atoms with van der Waals surface area (Å²) in [6.45, 7) is 0. The monoisotopic (exact) mass is 278 g/mol. The van der Waals surface area contributed by atoms with Crippen LogP contribution in [0.15, 0.2) is 9.85 Å². The smallest absolute Gasteiger partial charge is 0.225 e. The summed E-state index contributed by atoms with van der Waals surface area (Å²) in [6, 6.07) is 0. The van der Waals surface area contributed by atoms with Gasteiger partial charge in [-0.05, 0) is 27.5 Å². The number of nitrogens with zero attached hydrogens (tertiary/aromatic N) is 2. The van der Waals surface area contributed by atoms with E-state index < -0.39 is 0 Å². The SMILES string of the molecule is NNc1nc(Cl)nc2c(Br)csc12. The van der Waals surface area contributed by atoms with Crippen LogP contribution in [-0.4, -0.2) is 9.97 Å². The zero-order valence-electron chi connectivity index (χ0n) is 6.21. The van der Waals surface area contributed by atoms with Gasteiger partial charge in [0.1, 0.15) is 5.52 Å². The molecule has 0 spiro atoms. The molecule has 0 aliphatic heterocycles. The molecule has 2 aromatic rings. The number of anilines is 1. The lowest BCUT2D eigenvalue weighted by Crippen LogP contribution is -2.09. The quantitative estimate of drug-likeness (QED) is 0.478. The van der Waals surface area contributed by atoms with E-state index in [1.165, 1.54) is 11.3 Å². The number of aromatic nitrogens is 2. The third-order valence-electron chi connectivity index (χ3n) is 1.48. The van der Waals surface area contributed by atoms with Crippen LogP contribution in [0.2, 0.25) is 5.28 Å². The summed E-state index contributed by atoms with van der Waals surface area (Å²) >= 11 is 10.6. The van der Waals surface area contributed by atoms with Crippen LogP contribution in [0.25, 0.3) is 10.2 Å². The highest BCUT2D eigenvalue weighted by Gasteiger charge is 2.09. The molecule has 0 aliphatic rings. The summed E-state index contributed by atoms with van der Waals surface area (Å²) < 4.78 is 1.78.